The number of halogens is 3. The molecule has 4 nitrogen and oxygen atoms in total. The van der Waals surface area contributed by atoms with Crippen molar-refractivity contribution in [2.75, 3.05) is 6.61 Å². The highest BCUT2D eigenvalue weighted by Gasteiger charge is 2.54. The molecular formula is C25H26Cl2FNO3. The Bertz CT molecular complexity index is 1030. The minimum absolute atomic E-state index is 0.0000525. The van der Waals surface area contributed by atoms with E-state index in [1.165, 1.54) is 12.1 Å². The normalized spacial score (nSPS) is 26.8. The van der Waals surface area contributed by atoms with E-state index >= 15 is 0 Å². The summed E-state index contributed by atoms with van der Waals surface area (Å²) in [6.07, 6.45) is 3.17. The van der Waals surface area contributed by atoms with Crippen molar-refractivity contribution >= 4 is 29.1 Å². The van der Waals surface area contributed by atoms with Gasteiger partial charge in [0.15, 0.2) is 0 Å². The molecule has 1 saturated carbocycles. The summed E-state index contributed by atoms with van der Waals surface area (Å²) in [5, 5.41) is 10.8. The predicted octanol–water partition coefficient (Wildman–Crippen LogP) is 5.88. The molecule has 1 saturated heterocycles. The maximum absolute atomic E-state index is 14.5. The lowest BCUT2D eigenvalue weighted by Gasteiger charge is -2.51. The lowest BCUT2D eigenvalue weighted by molar-refractivity contribution is -0.204. The van der Waals surface area contributed by atoms with Gasteiger partial charge in [-0.2, -0.15) is 0 Å². The van der Waals surface area contributed by atoms with Gasteiger partial charge in [-0.1, -0.05) is 47.5 Å². The van der Waals surface area contributed by atoms with Crippen molar-refractivity contribution < 1.29 is 19.0 Å². The van der Waals surface area contributed by atoms with Crippen LogP contribution in [-0.4, -0.2) is 34.2 Å². The Hall–Kier alpha value is -1.92. The van der Waals surface area contributed by atoms with Crippen molar-refractivity contribution in [3.05, 3.63) is 82.1 Å². The van der Waals surface area contributed by atoms with Crippen LogP contribution in [0, 0.1) is 11.7 Å². The number of ether oxygens (including phenoxy) is 1. The highest BCUT2D eigenvalue weighted by molar-refractivity contribution is 6.31. The average molecular weight is 478 g/mol. The number of aliphatic hydroxyl groups is 1. The van der Waals surface area contributed by atoms with E-state index in [9.17, 15) is 14.3 Å². The summed E-state index contributed by atoms with van der Waals surface area (Å²) in [4.78, 5) is 15.6. The number of amides is 1. The molecule has 4 rings (SSSR count). The molecule has 1 heterocycles. The third-order valence-corrected chi connectivity index (χ3v) is 6.91. The van der Waals surface area contributed by atoms with Crippen LogP contribution in [0.25, 0.3) is 0 Å². The topological polar surface area (TPSA) is 49.8 Å². The van der Waals surface area contributed by atoms with E-state index in [1.54, 1.807) is 36.1 Å². The number of rotatable bonds is 7. The number of hydrogen-bond acceptors (Lipinski definition) is 3. The maximum atomic E-state index is 14.5. The summed E-state index contributed by atoms with van der Waals surface area (Å²) in [5.41, 5.74) is 0.126. The highest BCUT2D eigenvalue weighted by atomic mass is 35.5. The third kappa shape index (κ3) is 4.32. The van der Waals surface area contributed by atoms with Gasteiger partial charge in [-0.15, -0.1) is 6.58 Å². The van der Waals surface area contributed by atoms with E-state index in [-0.39, 0.29) is 23.5 Å². The molecule has 2 fully saturated rings. The molecule has 1 aliphatic heterocycles. The molecule has 1 aliphatic carbocycles. The Morgan fingerprint density at radius 3 is 2.62 bits per heavy atom. The zero-order valence-corrected chi connectivity index (χ0v) is 19.3. The molecule has 2 aromatic carbocycles. The van der Waals surface area contributed by atoms with Crippen LogP contribution in [0.15, 0.2) is 55.1 Å². The summed E-state index contributed by atoms with van der Waals surface area (Å²) in [6, 6.07) is 10.7. The molecule has 2 aromatic rings. The first-order valence-corrected chi connectivity index (χ1v) is 11.5. The van der Waals surface area contributed by atoms with Gasteiger partial charge in [0.05, 0.1) is 23.7 Å². The van der Waals surface area contributed by atoms with Gasteiger partial charge >= 0.3 is 0 Å². The minimum Gasteiger partial charge on any atom is -0.394 e. The fourth-order valence-electron chi connectivity index (χ4n) is 4.62. The molecular weight excluding hydrogens is 452 g/mol. The largest absolute Gasteiger partial charge is 0.394 e. The first-order chi connectivity index (χ1) is 15.3. The van der Waals surface area contributed by atoms with Crippen LogP contribution in [-0.2, 0) is 9.53 Å². The number of nitrogens with zero attached hydrogens (tertiary/aromatic N) is 1. The van der Waals surface area contributed by atoms with Crippen molar-refractivity contribution in [2.24, 2.45) is 5.92 Å². The molecule has 170 valence electrons. The van der Waals surface area contributed by atoms with Crippen molar-refractivity contribution in [3.63, 3.8) is 0 Å². The first kappa shape index (κ1) is 23.2. The van der Waals surface area contributed by atoms with E-state index in [4.69, 9.17) is 27.9 Å². The Balaban J connectivity index is 1.91. The van der Waals surface area contributed by atoms with Crippen molar-refractivity contribution in [3.8, 4) is 0 Å². The average Bonchev–Trinajstić information content (AvgIpc) is 3.59. The van der Waals surface area contributed by atoms with Crippen molar-refractivity contribution in [1.82, 2.24) is 4.90 Å². The van der Waals surface area contributed by atoms with Gasteiger partial charge in [-0.25, -0.2) is 4.39 Å². The lowest BCUT2D eigenvalue weighted by Crippen LogP contribution is -2.61. The Morgan fingerprint density at radius 2 is 2.03 bits per heavy atom. The van der Waals surface area contributed by atoms with Crippen LogP contribution in [0.3, 0.4) is 0 Å². The van der Waals surface area contributed by atoms with Crippen LogP contribution in [0.5, 0.6) is 0 Å². The van der Waals surface area contributed by atoms with Crippen molar-refractivity contribution in [1.29, 1.82) is 0 Å². The summed E-state index contributed by atoms with van der Waals surface area (Å²) < 4.78 is 21.0. The first-order valence-electron chi connectivity index (χ1n) is 10.7. The van der Waals surface area contributed by atoms with Crippen molar-refractivity contribution in [2.45, 2.75) is 50.0 Å². The molecule has 0 radical (unpaired) electrons. The van der Waals surface area contributed by atoms with E-state index in [0.717, 1.165) is 18.4 Å². The van der Waals surface area contributed by atoms with E-state index < -0.39 is 29.6 Å². The van der Waals surface area contributed by atoms with E-state index in [2.05, 4.69) is 6.58 Å². The number of hydrogen-bond donors (Lipinski definition) is 1. The SMILES string of the molecule is C=CC[C@]1(C)O[C@H](c2cccc(Cl)c2)C(c2ccc(Cl)c(F)c2)N([C@H](CO)C2CC2)C1=O. The molecule has 1 unspecified atom stereocenters. The third-order valence-electron chi connectivity index (χ3n) is 6.37. The van der Waals surface area contributed by atoms with Gasteiger partial charge < -0.3 is 14.7 Å². The van der Waals surface area contributed by atoms with Gasteiger partial charge in [-0.05, 0) is 61.1 Å². The summed E-state index contributed by atoms with van der Waals surface area (Å²) in [7, 11) is 0. The zero-order valence-electron chi connectivity index (χ0n) is 17.8. The van der Waals surface area contributed by atoms with Gasteiger partial charge in [-0.3, -0.25) is 4.79 Å². The van der Waals surface area contributed by atoms with Crippen LogP contribution >= 0.6 is 23.2 Å². The Morgan fingerprint density at radius 1 is 1.28 bits per heavy atom. The fraction of sp³-hybridized carbons (Fsp3) is 0.400. The van der Waals surface area contributed by atoms with E-state index in [0.29, 0.717) is 17.0 Å². The molecule has 32 heavy (non-hydrogen) atoms. The maximum Gasteiger partial charge on any atom is 0.255 e. The molecule has 4 atom stereocenters. The second kappa shape index (κ2) is 9.14. The number of carbonyl (C=O) groups excluding carboxylic acids is 1. The molecule has 0 aromatic heterocycles. The summed E-state index contributed by atoms with van der Waals surface area (Å²) in [5.74, 6) is -0.635. The Kier molecular flexibility index (Phi) is 6.64. The Labute approximate surface area is 197 Å². The van der Waals surface area contributed by atoms with Gasteiger partial charge in [0.25, 0.3) is 5.91 Å². The van der Waals surface area contributed by atoms with Crippen LogP contribution in [0.2, 0.25) is 10.0 Å². The quantitative estimate of drug-likeness (QED) is 0.506. The summed E-state index contributed by atoms with van der Waals surface area (Å²) in [6.45, 7) is 5.35. The molecule has 7 heteroatoms. The molecule has 0 bridgehead atoms. The molecule has 1 N–H and O–H groups in total. The second-order valence-corrected chi connectivity index (χ2v) is 9.58. The van der Waals surface area contributed by atoms with Crippen LogP contribution < -0.4 is 0 Å². The fourth-order valence-corrected chi connectivity index (χ4v) is 4.94. The molecule has 0 spiro atoms. The monoisotopic (exact) mass is 477 g/mol. The number of benzene rings is 2. The highest BCUT2D eigenvalue weighted by Crippen LogP contribution is 2.50. The predicted molar refractivity (Wildman–Crippen MR) is 123 cm³/mol. The second-order valence-electron chi connectivity index (χ2n) is 8.74. The zero-order chi connectivity index (χ0) is 23.0. The molecule has 2 aliphatic rings. The van der Waals surface area contributed by atoms with E-state index in [1.807, 2.05) is 12.1 Å². The molecule has 1 amide bonds. The van der Waals surface area contributed by atoms with Gasteiger partial charge in [0.1, 0.15) is 17.5 Å². The number of morpholine rings is 1. The van der Waals surface area contributed by atoms with Crippen LogP contribution in [0.4, 0.5) is 4.39 Å². The van der Waals surface area contributed by atoms with Gasteiger partial charge in [0.2, 0.25) is 0 Å². The number of carbonyl (C=O) groups is 1. The standard InChI is InChI=1S/C25H26Cl2FNO3/c1-3-11-25(2)24(31)29(21(14-30)15-7-8-15)22(16-9-10-19(27)20(28)13-16)23(32-25)17-5-4-6-18(26)12-17/h3-6,9-10,12-13,15,21-23,30H,1,7-8,11,14H2,2H3/t21-,22?,23-,25+/m1/s1. The lowest BCUT2D eigenvalue weighted by atomic mass is 9.85. The smallest absolute Gasteiger partial charge is 0.255 e. The number of aliphatic hydroxyl groups excluding tert-OH is 1. The van der Waals surface area contributed by atoms with Gasteiger partial charge in [0, 0.05) is 11.4 Å². The minimum atomic E-state index is -1.18. The summed E-state index contributed by atoms with van der Waals surface area (Å²) >= 11 is 12.2. The van der Waals surface area contributed by atoms with Crippen LogP contribution in [0.1, 0.15) is 49.5 Å².